The zero-order valence-corrected chi connectivity index (χ0v) is 7.64. The summed E-state index contributed by atoms with van der Waals surface area (Å²) in [6.07, 6.45) is 8.00. The molecular formula is C5H7KN. The van der Waals surface area contributed by atoms with Crippen molar-refractivity contribution < 1.29 is 0 Å². The molecule has 1 N–H and O–H groups in total. The van der Waals surface area contributed by atoms with Crippen LogP contribution in [0.3, 0.4) is 0 Å². The van der Waals surface area contributed by atoms with Crippen LogP contribution >= 0.6 is 0 Å². The van der Waals surface area contributed by atoms with E-state index in [1.165, 1.54) is 0 Å². The van der Waals surface area contributed by atoms with E-state index in [2.05, 4.69) is 11.4 Å². The van der Waals surface area contributed by atoms with Crippen molar-refractivity contribution in [2.75, 3.05) is 6.54 Å². The standard InChI is InChI=1S/C5H7N.K/c1-2-4-6-5-3-1;/h1-4,6H,5H2;. The van der Waals surface area contributed by atoms with Crippen LogP contribution in [0.2, 0.25) is 0 Å². The van der Waals surface area contributed by atoms with Gasteiger partial charge in [-0.2, -0.15) is 0 Å². The smallest absolute Gasteiger partial charge is 0.0328 e. The van der Waals surface area contributed by atoms with Crippen LogP contribution in [-0.4, -0.2) is 57.9 Å². The second-order valence-corrected chi connectivity index (χ2v) is 1.20. The van der Waals surface area contributed by atoms with Crippen molar-refractivity contribution in [3.63, 3.8) is 0 Å². The summed E-state index contributed by atoms with van der Waals surface area (Å²) in [5.74, 6) is 0. The van der Waals surface area contributed by atoms with E-state index in [9.17, 15) is 0 Å². The summed E-state index contributed by atoms with van der Waals surface area (Å²) in [5, 5.41) is 3.02. The van der Waals surface area contributed by atoms with Crippen molar-refractivity contribution in [2.24, 2.45) is 0 Å². The van der Waals surface area contributed by atoms with Gasteiger partial charge < -0.3 is 5.32 Å². The van der Waals surface area contributed by atoms with Crippen LogP contribution < -0.4 is 5.32 Å². The Bertz CT molecular complexity index is 74.1. The maximum absolute atomic E-state index is 3.02. The van der Waals surface area contributed by atoms with E-state index in [0.717, 1.165) is 6.54 Å². The Kier molecular flexibility index (Phi) is 5.72. The number of rotatable bonds is 0. The van der Waals surface area contributed by atoms with E-state index < -0.39 is 0 Å². The van der Waals surface area contributed by atoms with Gasteiger partial charge in [-0.3, -0.25) is 0 Å². The van der Waals surface area contributed by atoms with Gasteiger partial charge in [0.15, 0.2) is 0 Å². The van der Waals surface area contributed by atoms with Crippen LogP contribution in [0, 0.1) is 0 Å². The van der Waals surface area contributed by atoms with Gasteiger partial charge in [0, 0.05) is 57.9 Å². The zero-order chi connectivity index (χ0) is 4.24. The Labute approximate surface area is 86.3 Å². The van der Waals surface area contributed by atoms with Crippen molar-refractivity contribution in [3.05, 3.63) is 24.4 Å². The minimum Gasteiger partial charge on any atom is -0.387 e. The summed E-state index contributed by atoms with van der Waals surface area (Å²) in [6.45, 7) is 0.983. The van der Waals surface area contributed by atoms with Crippen LogP contribution in [0.5, 0.6) is 0 Å². The van der Waals surface area contributed by atoms with E-state index in [-0.39, 0.29) is 51.4 Å². The average molecular weight is 120 g/mol. The molecule has 1 radical (unpaired) electrons. The first-order valence-corrected chi connectivity index (χ1v) is 2.05. The minimum atomic E-state index is 0. The van der Waals surface area contributed by atoms with Gasteiger partial charge in [-0.05, 0) is 12.3 Å². The molecule has 1 nitrogen and oxygen atoms in total. The Morgan fingerprint density at radius 1 is 1.29 bits per heavy atom. The van der Waals surface area contributed by atoms with E-state index >= 15 is 0 Å². The molecule has 2 heteroatoms. The molecule has 0 aliphatic carbocycles. The second-order valence-electron chi connectivity index (χ2n) is 1.20. The fourth-order valence-electron chi connectivity index (χ4n) is 0.406. The van der Waals surface area contributed by atoms with E-state index in [0.29, 0.717) is 0 Å². The number of allylic oxidation sites excluding steroid dienone is 2. The molecule has 0 unspecified atom stereocenters. The van der Waals surface area contributed by atoms with Gasteiger partial charge in [0.25, 0.3) is 0 Å². The molecule has 0 atom stereocenters. The van der Waals surface area contributed by atoms with Crippen molar-refractivity contribution >= 4 is 51.4 Å². The zero-order valence-electron chi connectivity index (χ0n) is 4.52. The fourth-order valence-corrected chi connectivity index (χ4v) is 0.406. The monoisotopic (exact) mass is 120 g/mol. The van der Waals surface area contributed by atoms with Crippen molar-refractivity contribution in [3.8, 4) is 0 Å². The predicted octanol–water partition coefficient (Wildman–Crippen LogP) is 0.279. The van der Waals surface area contributed by atoms with Crippen molar-refractivity contribution in [2.45, 2.75) is 0 Å². The molecular weight excluding hydrogens is 113 g/mol. The van der Waals surface area contributed by atoms with Crippen LogP contribution in [0.25, 0.3) is 0 Å². The third kappa shape index (κ3) is 3.49. The maximum atomic E-state index is 3.02. The summed E-state index contributed by atoms with van der Waals surface area (Å²) in [6, 6.07) is 0. The van der Waals surface area contributed by atoms with E-state index in [1.807, 2.05) is 18.4 Å². The Morgan fingerprint density at radius 2 is 2.14 bits per heavy atom. The van der Waals surface area contributed by atoms with Gasteiger partial charge in [-0.1, -0.05) is 12.2 Å². The van der Waals surface area contributed by atoms with Gasteiger partial charge in [-0.15, -0.1) is 0 Å². The molecule has 0 fully saturated rings. The molecule has 1 heterocycles. The molecule has 0 bridgehead atoms. The van der Waals surface area contributed by atoms with Crippen LogP contribution in [-0.2, 0) is 0 Å². The number of nitrogens with one attached hydrogen (secondary N) is 1. The fraction of sp³-hybridized carbons (Fsp3) is 0.200. The van der Waals surface area contributed by atoms with E-state index in [1.54, 1.807) is 0 Å². The van der Waals surface area contributed by atoms with Gasteiger partial charge in [-0.25, -0.2) is 0 Å². The third-order valence-corrected chi connectivity index (χ3v) is 0.697. The second kappa shape index (κ2) is 5.06. The normalized spacial score (nSPS) is 14.9. The molecule has 0 aromatic carbocycles. The number of hydrogen-bond acceptors (Lipinski definition) is 1. The topological polar surface area (TPSA) is 12.0 Å². The summed E-state index contributed by atoms with van der Waals surface area (Å²) < 4.78 is 0. The summed E-state index contributed by atoms with van der Waals surface area (Å²) in [7, 11) is 0. The first-order chi connectivity index (χ1) is 3.00. The molecule has 0 saturated carbocycles. The molecule has 0 amide bonds. The van der Waals surface area contributed by atoms with Gasteiger partial charge in [0.1, 0.15) is 0 Å². The largest absolute Gasteiger partial charge is 0.387 e. The molecule has 0 spiro atoms. The molecule has 1 aliphatic rings. The molecule has 1 aliphatic heterocycles. The first kappa shape index (κ1) is 7.92. The van der Waals surface area contributed by atoms with Crippen molar-refractivity contribution in [1.29, 1.82) is 0 Å². The third-order valence-electron chi connectivity index (χ3n) is 0.697. The molecule has 33 valence electrons. The molecule has 0 aromatic rings. The predicted molar refractivity (Wildman–Crippen MR) is 32.0 cm³/mol. The summed E-state index contributed by atoms with van der Waals surface area (Å²) in [4.78, 5) is 0. The SMILES string of the molecule is C1=CCNC=C1.[K]. The van der Waals surface area contributed by atoms with Crippen LogP contribution in [0.15, 0.2) is 24.4 Å². The maximum Gasteiger partial charge on any atom is 0.0328 e. The molecule has 0 aromatic heterocycles. The molecule has 1 rings (SSSR count). The quantitative estimate of drug-likeness (QED) is 0.453. The number of dihydropyridines is 1. The average Bonchev–Trinajstić information content (AvgIpc) is 1.72. The van der Waals surface area contributed by atoms with E-state index in [4.69, 9.17) is 0 Å². The van der Waals surface area contributed by atoms with Crippen molar-refractivity contribution in [1.82, 2.24) is 5.32 Å². The molecule has 7 heavy (non-hydrogen) atoms. The van der Waals surface area contributed by atoms with Gasteiger partial charge >= 0.3 is 0 Å². The Hall–Kier alpha value is 0.916. The van der Waals surface area contributed by atoms with Crippen LogP contribution in [0.4, 0.5) is 0 Å². The van der Waals surface area contributed by atoms with Gasteiger partial charge in [0.05, 0.1) is 0 Å². The Morgan fingerprint density at radius 3 is 2.29 bits per heavy atom. The molecule has 0 saturated heterocycles. The number of hydrogen-bond donors (Lipinski definition) is 1. The van der Waals surface area contributed by atoms with Gasteiger partial charge in [0.2, 0.25) is 0 Å². The first-order valence-electron chi connectivity index (χ1n) is 2.05. The summed E-state index contributed by atoms with van der Waals surface area (Å²) >= 11 is 0. The Balaban J connectivity index is 0.000000360. The van der Waals surface area contributed by atoms with Crippen LogP contribution in [0.1, 0.15) is 0 Å². The minimum absolute atomic E-state index is 0. The summed E-state index contributed by atoms with van der Waals surface area (Å²) in [5.41, 5.74) is 0.